The molecule has 0 aromatic carbocycles. The molecule has 1 fully saturated rings. The minimum atomic E-state index is -0.674. The third kappa shape index (κ3) is 5.51. The Morgan fingerprint density at radius 1 is 1.38 bits per heavy atom. The van der Waals surface area contributed by atoms with Gasteiger partial charge in [0, 0.05) is 13.1 Å². The van der Waals surface area contributed by atoms with E-state index in [1.54, 1.807) is 12.1 Å². The Morgan fingerprint density at radius 2 is 1.96 bits per heavy atom. The fourth-order valence-corrected chi connectivity index (χ4v) is 3.23. The maximum atomic E-state index is 12.0. The van der Waals surface area contributed by atoms with Crippen LogP contribution in [0.2, 0.25) is 10.3 Å². The summed E-state index contributed by atoms with van der Waals surface area (Å²) in [5, 5.41) is 7.90. The van der Waals surface area contributed by atoms with Crippen molar-refractivity contribution < 1.29 is 9.53 Å². The quantitative estimate of drug-likeness (QED) is 0.313. The van der Waals surface area contributed by atoms with E-state index in [-0.39, 0.29) is 22.9 Å². The summed E-state index contributed by atoms with van der Waals surface area (Å²) in [6.07, 6.45) is 2.27. The van der Waals surface area contributed by atoms with Gasteiger partial charge in [0.1, 0.15) is 23.0 Å². The van der Waals surface area contributed by atoms with Crippen molar-refractivity contribution in [2.24, 2.45) is 17.4 Å². The Bertz CT molecular complexity index is 585. The van der Waals surface area contributed by atoms with E-state index in [0.29, 0.717) is 17.9 Å². The average Bonchev–Trinajstić information content (AvgIpc) is 2.52. The summed E-state index contributed by atoms with van der Waals surface area (Å²) < 4.78 is 5.23. The number of guanidine groups is 1. The zero-order valence-electron chi connectivity index (χ0n) is 13.2. The number of aromatic nitrogens is 1. The van der Waals surface area contributed by atoms with Gasteiger partial charge in [0.05, 0.1) is 0 Å². The molecule has 1 aliphatic rings. The zero-order valence-corrected chi connectivity index (χ0v) is 14.7. The molecule has 0 aliphatic carbocycles. The molecule has 0 radical (unpaired) electrons. The first-order valence-corrected chi connectivity index (χ1v) is 8.44. The van der Waals surface area contributed by atoms with E-state index in [2.05, 4.69) is 4.98 Å². The van der Waals surface area contributed by atoms with E-state index in [9.17, 15) is 4.79 Å². The normalized spacial score (nSPS) is 16.7. The second-order valence-corrected chi connectivity index (χ2v) is 6.66. The molecule has 1 aromatic rings. The fourth-order valence-electron chi connectivity index (χ4n) is 2.72. The molecule has 132 valence electrons. The summed E-state index contributed by atoms with van der Waals surface area (Å²) >= 11 is 11.6. The van der Waals surface area contributed by atoms with Gasteiger partial charge in [-0.2, -0.15) is 0 Å². The van der Waals surface area contributed by atoms with Gasteiger partial charge in [-0.25, -0.2) is 4.98 Å². The van der Waals surface area contributed by atoms with Crippen molar-refractivity contribution in [2.75, 3.05) is 13.1 Å². The lowest BCUT2D eigenvalue weighted by Gasteiger charge is -2.32. The van der Waals surface area contributed by atoms with Crippen LogP contribution in [0.5, 0.6) is 0 Å². The number of ether oxygens (including phenoxy) is 1. The predicted molar refractivity (Wildman–Crippen MR) is 92.9 cm³/mol. The SMILES string of the molecule is N=C(N)N1CCC(C[C@H](N)C(=O)OCc2cc(Cl)nc(Cl)c2)CC1. The molecule has 1 aliphatic heterocycles. The first-order valence-electron chi connectivity index (χ1n) is 7.68. The first-order chi connectivity index (χ1) is 11.3. The van der Waals surface area contributed by atoms with Gasteiger partial charge in [0.2, 0.25) is 0 Å². The Kier molecular flexibility index (Phi) is 6.65. The lowest BCUT2D eigenvalue weighted by molar-refractivity contribution is -0.147. The van der Waals surface area contributed by atoms with E-state index in [4.69, 9.17) is 44.8 Å². The van der Waals surface area contributed by atoms with Crippen LogP contribution in [0.1, 0.15) is 24.8 Å². The summed E-state index contributed by atoms with van der Waals surface area (Å²) in [6, 6.07) is 2.50. The van der Waals surface area contributed by atoms with Crippen LogP contribution in [0.25, 0.3) is 0 Å². The third-order valence-electron chi connectivity index (χ3n) is 4.05. The van der Waals surface area contributed by atoms with Crippen LogP contribution in [-0.2, 0) is 16.1 Å². The standard InChI is InChI=1S/C15H21Cl2N5O2/c16-12-6-10(7-13(17)21-12)8-24-14(23)11(18)5-9-1-3-22(4-2-9)15(19)20/h6-7,9,11H,1-5,8,18H2,(H3,19,20)/t11-/m0/s1. The van der Waals surface area contributed by atoms with Crippen LogP contribution in [0, 0.1) is 11.3 Å². The molecule has 0 amide bonds. The highest BCUT2D eigenvalue weighted by atomic mass is 35.5. The molecule has 0 spiro atoms. The number of nitrogens with zero attached hydrogens (tertiary/aromatic N) is 2. The lowest BCUT2D eigenvalue weighted by Crippen LogP contribution is -2.43. The second-order valence-electron chi connectivity index (χ2n) is 5.89. The van der Waals surface area contributed by atoms with Gasteiger partial charge in [-0.1, -0.05) is 23.2 Å². The third-order valence-corrected chi connectivity index (χ3v) is 4.44. The van der Waals surface area contributed by atoms with Crippen molar-refractivity contribution in [3.05, 3.63) is 28.0 Å². The maximum absolute atomic E-state index is 12.0. The van der Waals surface area contributed by atoms with E-state index in [1.165, 1.54) is 0 Å². The summed E-state index contributed by atoms with van der Waals surface area (Å²) in [5.41, 5.74) is 12.1. The molecular formula is C15H21Cl2N5O2. The number of piperidine rings is 1. The zero-order chi connectivity index (χ0) is 17.7. The number of esters is 1. The molecule has 2 heterocycles. The van der Waals surface area contributed by atoms with Crippen molar-refractivity contribution in [1.82, 2.24) is 9.88 Å². The second kappa shape index (κ2) is 8.50. The van der Waals surface area contributed by atoms with E-state index >= 15 is 0 Å². The Hall–Kier alpha value is -1.57. The highest BCUT2D eigenvalue weighted by Crippen LogP contribution is 2.22. The Morgan fingerprint density at radius 3 is 2.50 bits per heavy atom. The Balaban J connectivity index is 1.77. The minimum absolute atomic E-state index is 0.0529. The van der Waals surface area contributed by atoms with E-state index in [1.807, 2.05) is 4.90 Å². The number of nitrogens with one attached hydrogen (secondary N) is 1. The van der Waals surface area contributed by atoms with Crippen molar-refractivity contribution in [3.63, 3.8) is 0 Å². The van der Waals surface area contributed by atoms with Gasteiger partial charge in [-0.3, -0.25) is 10.2 Å². The van der Waals surface area contributed by atoms with Crippen LogP contribution in [-0.4, -0.2) is 40.9 Å². The molecule has 5 N–H and O–H groups in total. The van der Waals surface area contributed by atoms with Crippen molar-refractivity contribution in [2.45, 2.75) is 31.9 Å². The van der Waals surface area contributed by atoms with Gasteiger partial charge in [0.25, 0.3) is 0 Å². The van der Waals surface area contributed by atoms with Gasteiger partial charge < -0.3 is 21.1 Å². The van der Waals surface area contributed by atoms with Crippen LogP contribution in [0.3, 0.4) is 0 Å². The van der Waals surface area contributed by atoms with Crippen molar-refractivity contribution in [3.8, 4) is 0 Å². The molecule has 0 bridgehead atoms. The number of hydrogen-bond acceptors (Lipinski definition) is 5. The van der Waals surface area contributed by atoms with E-state index in [0.717, 1.165) is 25.9 Å². The molecule has 0 saturated carbocycles. The van der Waals surface area contributed by atoms with Crippen molar-refractivity contribution in [1.29, 1.82) is 5.41 Å². The number of rotatable bonds is 5. The summed E-state index contributed by atoms with van der Waals surface area (Å²) in [4.78, 5) is 17.7. The van der Waals surface area contributed by atoms with Crippen LogP contribution in [0.4, 0.5) is 0 Å². The molecule has 2 rings (SSSR count). The number of halogens is 2. The summed E-state index contributed by atoms with van der Waals surface area (Å²) in [5.74, 6) is -0.0344. The summed E-state index contributed by atoms with van der Waals surface area (Å²) in [7, 11) is 0. The maximum Gasteiger partial charge on any atom is 0.323 e. The van der Waals surface area contributed by atoms with E-state index < -0.39 is 12.0 Å². The average molecular weight is 374 g/mol. The summed E-state index contributed by atoms with van der Waals surface area (Å²) in [6.45, 7) is 1.49. The van der Waals surface area contributed by atoms with Crippen LogP contribution in [0.15, 0.2) is 12.1 Å². The molecule has 0 unspecified atom stereocenters. The number of hydrogen-bond donors (Lipinski definition) is 3. The molecule has 1 saturated heterocycles. The first kappa shape index (κ1) is 18.8. The molecule has 1 atom stereocenters. The number of likely N-dealkylation sites (tertiary alicyclic amines) is 1. The van der Waals surface area contributed by atoms with Gasteiger partial charge in [-0.15, -0.1) is 0 Å². The van der Waals surface area contributed by atoms with Crippen LogP contribution < -0.4 is 11.5 Å². The molecule has 7 nitrogen and oxygen atoms in total. The van der Waals surface area contributed by atoms with Gasteiger partial charge >= 0.3 is 5.97 Å². The largest absolute Gasteiger partial charge is 0.460 e. The fraction of sp³-hybridized carbons (Fsp3) is 0.533. The smallest absolute Gasteiger partial charge is 0.323 e. The highest BCUT2D eigenvalue weighted by Gasteiger charge is 2.25. The topological polar surface area (TPSA) is 118 Å². The lowest BCUT2D eigenvalue weighted by atomic mass is 9.90. The van der Waals surface area contributed by atoms with Crippen molar-refractivity contribution >= 4 is 35.1 Å². The number of carbonyl (C=O) groups is 1. The van der Waals surface area contributed by atoms with Gasteiger partial charge in [-0.05, 0) is 42.9 Å². The minimum Gasteiger partial charge on any atom is -0.460 e. The van der Waals surface area contributed by atoms with Crippen LogP contribution >= 0.6 is 23.2 Å². The highest BCUT2D eigenvalue weighted by molar-refractivity contribution is 6.32. The molecular weight excluding hydrogens is 353 g/mol. The van der Waals surface area contributed by atoms with Gasteiger partial charge in [0.15, 0.2) is 5.96 Å². The number of carbonyl (C=O) groups excluding carboxylic acids is 1. The molecule has 9 heteroatoms. The molecule has 1 aromatic heterocycles. The number of nitrogens with two attached hydrogens (primary N) is 2. The predicted octanol–water partition coefficient (Wildman–Crippen LogP) is 1.75. The monoisotopic (exact) mass is 373 g/mol. The molecule has 24 heavy (non-hydrogen) atoms. The number of pyridine rings is 1. The Labute approximate surface area is 150 Å².